The number of carboxylic acids is 1. The Kier molecular flexibility index (Phi) is 7.94. The first-order chi connectivity index (χ1) is 21.0. The molecule has 5 nitrogen and oxygen atoms in total. The van der Waals surface area contributed by atoms with E-state index in [1.165, 1.54) is 11.6 Å². The molecule has 5 aliphatic carbocycles. The summed E-state index contributed by atoms with van der Waals surface area (Å²) in [5, 5.41) is 15.1. The summed E-state index contributed by atoms with van der Waals surface area (Å²) < 4.78 is 0.995. The highest BCUT2D eigenvalue weighted by atomic mass is 79.9. The third-order valence-corrected chi connectivity index (χ3v) is 14.9. The molecule has 0 amide bonds. The average Bonchev–Trinajstić information content (AvgIpc) is 2.96. The number of allylic oxidation sites excluding steroid dienone is 2. The number of benzene rings is 1. The van der Waals surface area contributed by atoms with Crippen molar-refractivity contribution < 1.29 is 19.5 Å². The lowest BCUT2D eigenvalue weighted by Gasteiger charge is -2.70. The summed E-state index contributed by atoms with van der Waals surface area (Å²) in [6.45, 7) is 16.9. The van der Waals surface area contributed by atoms with Gasteiger partial charge in [0.05, 0.1) is 11.1 Å². The topological polar surface area (TPSA) is 76.0 Å². The minimum Gasteiger partial charge on any atom is -0.481 e. The quantitative estimate of drug-likeness (QED) is 0.149. The number of hydrogen-bond donors (Lipinski definition) is 1. The second kappa shape index (κ2) is 10.9. The van der Waals surface area contributed by atoms with Gasteiger partial charge in [-0.3, -0.25) is 4.79 Å². The molecule has 3 unspecified atom stereocenters. The van der Waals surface area contributed by atoms with Crippen molar-refractivity contribution in [3.8, 4) is 0 Å². The SMILES string of the molecule is CC1(C)CC[C@]2(C(=O)O)CC[C@]3(C)C(=CCC4[C@@]5(C)CC/C(=N\OC(=O)/C=C/c6ccc(Br)cc6)C(C)(C)C5CC[C@]43C)C2C1. The van der Waals surface area contributed by atoms with Crippen LogP contribution in [0.25, 0.3) is 6.08 Å². The molecule has 7 atom stereocenters. The predicted octanol–water partition coefficient (Wildman–Crippen LogP) is 10.2. The third-order valence-electron chi connectivity index (χ3n) is 14.4. The number of nitrogens with zero attached hydrogens (tertiary/aromatic N) is 1. The maximum absolute atomic E-state index is 12.9. The van der Waals surface area contributed by atoms with Crippen LogP contribution in [0.15, 0.2) is 51.6 Å². The fourth-order valence-electron chi connectivity index (χ4n) is 11.5. The van der Waals surface area contributed by atoms with Gasteiger partial charge in [0.2, 0.25) is 0 Å². The zero-order valence-corrected chi connectivity index (χ0v) is 29.9. The van der Waals surface area contributed by atoms with Gasteiger partial charge in [-0.1, -0.05) is 93.3 Å². The van der Waals surface area contributed by atoms with Crippen LogP contribution in [0.1, 0.15) is 118 Å². The summed E-state index contributed by atoms with van der Waals surface area (Å²) >= 11 is 3.44. The molecular formula is C39H52BrNO4. The summed E-state index contributed by atoms with van der Waals surface area (Å²) in [7, 11) is 0. The lowest BCUT2D eigenvalue weighted by molar-refractivity contribution is -0.179. The number of carbonyl (C=O) groups excluding carboxylic acids is 1. The molecule has 6 rings (SSSR count). The summed E-state index contributed by atoms with van der Waals surface area (Å²) in [6.07, 6.45) is 15.4. The van der Waals surface area contributed by atoms with E-state index in [4.69, 9.17) is 4.84 Å². The molecule has 1 aromatic carbocycles. The number of halogens is 1. The highest BCUT2D eigenvalue weighted by Gasteiger charge is 2.69. The van der Waals surface area contributed by atoms with Crippen LogP contribution in [0, 0.1) is 50.2 Å². The van der Waals surface area contributed by atoms with E-state index in [1.807, 2.05) is 24.3 Å². The van der Waals surface area contributed by atoms with Gasteiger partial charge in [0.1, 0.15) is 0 Å². The molecule has 0 aromatic heterocycles. The Labute approximate surface area is 278 Å². The van der Waals surface area contributed by atoms with E-state index in [2.05, 4.69) is 75.6 Å². The molecule has 0 radical (unpaired) electrons. The molecular weight excluding hydrogens is 626 g/mol. The Balaban J connectivity index is 1.25. The van der Waals surface area contributed by atoms with E-state index in [0.717, 1.165) is 80.0 Å². The maximum Gasteiger partial charge on any atom is 0.358 e. The second-order valence-electron chi connectivity index (χ2n) is 17.2. The molecule has 45 heavy (non-hydrogen) atoms. The molecule has 0 heterocycles. The van der Waals surface area contributed by atoms with Crippen LogP contribution in [0.4, 0.5) is 0 Å². The average molecular weight is 679 g/mol. The van der Waals surface area contributed by atoms with Gasteiger partial charge in [0.15, 0.2) is 0 Å². The Morgan fingerprint density at radius 2 is 1.62 bits per heavy atom. The number of hydrogen-bond acceptors (Lipinski definition) is 4. The van der Waals surface area contributed by atoms with Crippen molar-refractivity contribution in [2.75, 3.05) is 0 Å². The molecule has 0 bridgehead atoms. The van der Waals surface area contributed by atoms with Crippen molar-refractivity contribution in [1.29, 1.82) is 0 Å². The predicted molar refractivity (Wildman–Crippen MR) is 183 cm³/mol. The zero-order chi connectivity index (χ0) is 32.6. The maximum atomic E-state index is 12.9. The molecule has 244 valence electrons. The Hall–Kier alpha value is -2.21. The lowest BCUT2D eigenvalue weighted by Crippen LogP contribution is -2.64. The Bertz CT molecular complexity index is 1470. The standard InChI is InChI=1S/C39H52BrNO4/c1-34(2)20-22-39(33(43)44)23-21-37(6)27(28(39)24-34)13-14-30-36(5)18-17-31(35(3,4)29(36)16-19-38(30,37)7)41-45-32(42)15-10-25-8-11-26(40)12-9-25/h8-13,15,28-30H,14,16-24H2,1-7H3,(H,43,44)/b15-10+,41-31+/t28?,29?,30?,36-,37+,38+,39-/m0/s1. The van der Waals surface area contributed by atoms with E-state index in [1.54, 1.807) is 6.08 Å². The molecule has 6 heteroatoms. The first-order valence-electron chi connectivity index (χ1n) is 17.1. The normalized spacial score (nSPS) is 40.8. The molecule has 4 saturated carbocycles. The first-order valence-corrected chi connectivity index (χ1v) is 17.9. The highest BCUT2D eigenvalue weighted by Crippen LogP contribution is 2.75. The zero-order valence-electron chi connectivity index (χ0n) is 28.3. The van der Waals surface area contributed by atoms with E-state index in [0.29, 0.717) is 11.8 Å². The molecule has 0 spiro atoms. The molecule has 4 fully saturated rings. The van der Waals surface area contributed by atoms with Gasteiger partial charge in [0, 0.05) is 16.0 Å². The van der Waals surface area contributed by atoms with Crippen molar-refractivity contribution in [3.63, 3.8) is 0 Å². The van der Waals surface area contributed by atoms with E-state index in [-0.39, 0.29) is 33.0 Å². The van der Waals surface area contributed by atoms with E-state index in [9.17, 15) is 14.7 Å². The third kappa shape index (κ3) is 5.02. The number of oxime groups is 1. The fourth-order valence-corrected chi connectivity index (χ4v) is 11.7. The molecule has 0 aliphatic heterocycles. The summed E-state index contributed by atoms with van der Waals surface area (Å²) in [5.41, 5.74) is 3.03. The van der Waals surface area contributed by atoms with Crippen molar-refractivity contribution in [2.45, 2.75) is 113 Å². The summed E-state index contributed by atoms with van der Waals surface area (Å²) in [4.78, 5) is 31.0. The van der Waals surface area contributed by atoms with Crippen LogP contribution in [0.2, 0.25) is 0 Å². The summed E-state index contributed by atoms with van der Waals surface area (Å²) in [6, 6.07) is 7.77. The Morgan fingerprint density at radius 1 is 0.933 bits per heavy atom. The van der Waals surface area contributed by atoms with Gasteiger partial charge in [-0.2, -0.15) is 0 Å². The van der Waals surface area contributed by atoms with Crippen LogP contribution < -0.4 is 0 Å². The number of fused-ring (bicyclic) bond motifs is 7. The largest absolute Gasteiger partial charge is 0.481 e. The van der Waals surface area contributed by atoms with Gasteiger partial charge < -0.3 is 9.94 Å². The fraction of sp³-hybridized carbons (Fsp3) is 0.667. The minimum absolute atomic E-state index is 0.0101. The van der Waals surface area contributed by atoms with Gasteiger partial charge >= 0.3 is 11.9 Å². The van der Waals surface area contributed by atoms with Crippen LogP contribution in [-0.4, -0.2) is 22.8 Å². The second-order valence-corrected chi connectivity index (χ2v) is 18.1. The van der Waals surface area contributed by atoms with Gasteiger partial charge in [-0.05, 0) is 127 Å². The van der Waals surface area contributed by atoms with Gasteiger partial charge in [-0.15, -0.1) is 0 Å². The van der Waals surface area contributed by atoms with Crippen LogP contribution in [0.5, 0.6) is 0 Å². The molecule has 1 aromatic rings. The van der Waals surface area contributed by atoms with Crippen molar-refractivity contribution in [1.82, 2.24) is 0 Å². The number of carbonyl (C=O) groups is 2. The van der Waals surface area contributed by atoms with E-state index >= 15 is 0 Å². The number of aliphatic carboxylic acids is 1. The van der Waals surface area contributed by atoms with Gasteiger partial charge in [-0.25, -0.2) is 4.79 Å². The smallest absolute Gasteiger partial charge is 0.358 e. The van der Waals surface area contributed by atoms with Gasteiger partial charge in [0.25, 0.3) is 0 Å². The monoisotopic (exact) mass is 677 g/mol. The molecule has 0 saturated heterocycles. The molecule has 5 aliphatic rings. The number of rotatable bonds is 4. The Morgan fingerprint density at radius 3 is 2.31 bits per heavy atom. The molecule has 1 N–H and O–H groups in total. The van der Waals surface area contributed by atoms with Crippen LogP contribution >= 0.6 is 15.9 Å². The van der Waals surface area contributed by atoms with Crippen molar-refractivity contribution >= 4 is 39.7 Å². The summed E-state index contributed by atoms with van der Waals surface area (Å²) in [5.74, 6) is 0.0588. The first kappa shape index (κ1) is 32.7. The van der Waals surface area contributed by atoms with Crippen LogP contribution in [0.3, 0.4) is 0 Å². The van der Waals surface area contributed by atoms with Crippen molar-refractivity contribution in [3.05, 3.63) is 52.0 Å². The lowest BCUT2D eigenvalue weighted by atomic mass is 9.33. The minimum atomic E-state index is -0.603. The highest BCUT2D eigenvalue weighted by molar-refractivity contribution is 9.10. The van der Waals surface area contributed by atoms with Crippen molar-refractivity contribution in [2.24, 2.45) is 55.4 Å². The van der Waals surface area contributed by atoms with E-state index < -0.39 is 17.4 Å². The number of carboxylic acid groups (broad SMARTS) is 1. The van der Waals surface area contributed by atoms with Crippen LogP contribution in [-0.2, 0) is 14.4 Å².